The molecule has 4 rings (SSSR count). The van der Waals surface area contributed by atoms with Gasteiger partial charge < -0.3 is 14.2 Å². The van der Waals surface area contributed by atoms with Crippen LogP contribution < -0.4 is 4.90 Å². The lowest BCUT2D eigenvalue weighted by atomic mass is 9.90. The van der Waals surface area contributed by atoms with Crippen LogP contribution in [0.1, 0.15) is 18.7 Å². The Kier molecular flexibility index (Phi) is 4.20. The summed E-state index contributed by atoms with van der Waals surface area (Å²) in [6.45, 7) is 5.45. The molecular formula is C17H24N6O. The van der Waals surface area contributed by atoms with Crippen molar-refractivity contribution in [3.05, 3.63) is 36.8 Å². The molecule has 2 aromatic rings. The predicted molar refractivity (Wildman–Crippen MR) is 90.6 cm³/mol. The second-order valence-electron chi connectivity index (χ2n) is 6.79. The topological polar surface area (TPSA) is 59.3 Å². The summed E-state index contributed by atoms with van der Waals surface area (Å²) in [5.74, 6) is 2.05. The average Bonchev–Trinajstić information content (AvgIpc) is 3.01. The molecule has 0 radical (unpaired) electrons. The summed E-state index contributed by atoms with van der Waals surface area (Å²) in [5.41, 5.74) is -0.112. The maximum Gasteiger partial charge on any atom is 0.147 e. The minimum Gasteiger partial charge on any atom is -0.370 e. The summed E-state index contributed by atoms with van der Waals surface area (Å²) >= 11 is 0. The third-order valence-corrected chi connectivity index (χ3v) is 5.03. The Labute approximate surface area is 142 Å². The minimum absolute atomic E-state index is 0.112. The van der Waals surface area contributed by atoms with Crippen molar-refractivity contribution < 1.29 is 4.74 Å². The molecule has 1 atom stereocenters. The third kappa shape index (κ3) is 3.14. The van der Waals surface area contributed by atoms with Gasteiger partial charge in [-0.3, -0.25) is 9.88 Å². The van der Waals surface area contributed by atoms with Crippen LogP contribution >= 0.6 is 0 Å². The number of morpholine rings is 1. The highest BCUT2D eigenvalue weighted by Crippen LogP contribution is 2.31. The fourth-order valence-electron chi connectivity index (χ4n) is 3.80. The molecule has 0 saturated carbocycles. The van der Waals surface area contributed by atoms with Gasteiger partial charge in [0, 0.05) is 58.0 Å². The smallest absolute Gasteiger partial charge is 0.147 e. The van der Waals surface area contributed by atoms with E-state index in [9.17, 15) is 0 Å². The number of ether oxygens (including phenoxy) is 1. The fourth-order valence-corrected chi connectivity index (χ4v) is 3.80. The molecule has 1 spiro atoms. The van der Waals surface area contributed by atoms with Crippen LogP contribution in [0.5, 0.6) is 0 Å². The van der Waals surface area contributed by atoms with Crippen LogP contribution in [0.25, 0.3) is 0 Å². The van der Waals surface area contributed by atoms with E-state index in [1.165, 1.54) is 0 Å². The van der Waals surface area contributed by atoms with E-state index >= 15 is 0 Å². The summed E-state index contributed by atoms with van der Waals surface area (Å²) < 4.78 is 8.37. The van der Waals surface area contributed by atoms with Crippen LogP contribution in [0.4, 0.5) is 5.82 Å². The van der Waals surface area contributed by atoms with Gasteiger partial charge in [0.1, 0.15) is 11.6 Å². The SMILES string of the molecule is Cn1ccnc1CN1CCOC2(CCCN(c3cnccn3)C2)C1. The molecule has 2 aliphatic rings. The van der Waals surface area contributed by atoms with Gasteiger partial charge >= 0.3 is 0 Å². The van der Waals surface area contributed by atoms with Gasteiger partial charge in [-0.15, -0.1) is 0 Å². The zero-order chi connectivity index (χ0) is 16.4. The van der Waals surface area contributed by atoms with Gasteiger partial charge in [0.25, 0.3) is 0 Å². The van der Waals surface area contributed by atoms with Gasteiger partial charge in [-0.05, 0) is 12.8 Å². The number of piperidine rings is 1. The molecule has 0 bridgehead atoms. The van der Waals surface area contributed by atoms with E-state index in [0.717, 1.165) is 63.8 Å². The van der Waals surface area contributed by atoms with Gasteiger partial charge in [-0.2, -0.15) is 0 Å². The largest absolute Gasteiger partial charge is 0.370 e. The Balaban J connectivity index is 1.46. The fraction of sp³-hybridized carbons (Fsp3) is 0.588. The molecule has 2 saturated heterocycles. The molecular weight excluding hydrogens is 304 g/mol. The van der Waals surface area contributed by atoms with Crippen molar-refractivity contribution in [1.29, 1.82) is 0 Å². The summed E-state index contributed by atoms with van der Waals surface area (Å²) in [4.78, 5) is 17.9. The van der Waals surface area contributed by atoms with Crippen LogP contribution in [-0.4, -0.2) is 62.8 Å². The van der Waals surface area contributed by atoms with E-state index in [1.54, 1.807) is 12.4 Å². The van der Waals surface area contributed by atoms with Crippen LogP contribution in [0, 0.1) is 0 Å². The lowest BCUT2D eigenvalue weighted by Gasteiger charge is -2.48. The number of hydrogen-bond donors (Lipinski definition) is 0. The average molecular weight is 328 g/mol. The van der Waals surface area contributed by atoms with Gasteiger partial charge in [0.05, 0.1) is 24.9 Å². The molecule has 7 heteroatoms. The first-order valence-electron chi connectivity index (χ1n) is 8.58. The third-order valence-electron chi connectivity index (χ3n) is 5.03. The maximum atomic E-state index is 6.28. The molecule has 0 amide bonds. The monoisotopic (exact) mass is 328 g/mol. The summed E-state index contributed by atoms with van der Waals surface area (Å²) in [6.07, 6.45) is 11.4. The maximum absolute atomic E-state index is 6.28. The predicted octanol–water partition coefficient (Wildman–Crippen LogP) is 1.08. The quantitative estimate of drug-likeness (QED) is 0.840. The van der Waals surface area contributed by atoms with Crippen molar-refractivity contribution in [2.24, 2.45) is 7.05 Å². The van der Waals surface area contributed by atoms with Gasteiger partial charge in [0.15, 0.2) is 0 Å². The number of imidazole rings is 1. The Hall–Kier alpha value is -1.99. The first kappa shape index (κ1) is 15.5. The Morgan fingerprint density at radius 2 is 2.12 bits per heavy atom. The van der Waals surface area contributed by atoms with E-state index in [2.05, 4.69) is 36.4 Å². The second-order valence-corrected chi connectivity index (χ2v) is 6.79. The molecule has 2 aromatic heterocycles. The molecule has 24 heavy (non-hydrogen) atoms. The Morgan fingerprint density at radius 3 is 2.92 bits per heavy atom. The first-order valence-corrected chi connectivity index (χ1v) is 8.58. The van der Waals surface area contributed by atoms with Crippen LogP contribution in [0.3, 0.4) is 0 Å². The number of aryl methyl sites for hydroxylation is 1. The van der Waals surface area contributed by atoms with Crippen molar-refractivity contribution in [2.45, 2.75) is 25.0 Å². The number of nitrogens with zero attached hydrogens (tertiary/aromatic N) is 6. The van der Waals surface area contributed by atoms with Crippen molar-refractivity contribution in [1.82, 2.24) is 24.4 Å². The van der Waals surface area contributed by atoms with Gasteiger partial charge in [-0.25, -0.2) is 9.97 Å². The van der Waals surface area contributed by atoms with E-state index < -0.39 is 0 Å². The zero-order valence-electron chi connectivity index (χ0n) is 14.1. The molecule has 0 aliphatic carbocycles. The molecule has 4 heterocycles. The Bertz CT molecular complexity index is 671. The van der Waals surface area contributed by atoms with Crippen molar-refractivity contribution in [3.8, 4) is 0 Å². The second kappa shape index (κ2) is 6.49. The molecule has 2 fully saturated rings. The molecule has 0 aromatic carbocycles. The molecule has 1 unspecified atom stereocenters. The van der Waals surface area contributed by atoms with Crippen LogP contribution in [-0.2, 0) is 18.3 Å². The first-order chi connectivity index (χ1) is 11.7. The summed E-state index contributed by atoms with van der Waals surface area (Å²) in [6, 6.07) is 0. The molecule has 0 N–H and O–H groups in total. The molecule has 2 aliphatic heterocycles. The normalized spacial score (nSPS) is 25.3. The van der Waals surface area contributed by atoms with Crippen molar-refractivity contribution in [3.63, 3.8) is 0 Å². The van der Waals surface area contributed by atoms with Crippen LogP contribution in [0.15, 0.2) is 31.0 Å². The van der Waals surface area contributed by atoms with E-state index in [0.29, 0.717) is 0 Å². The van der Waals surface area contributed by atoms with E-state index in [-0.39, 0.29) is 5.60 Å². The van der Waals surface area contributed by atoms with Gasteiger partial charge in [-0.1, -0.05) is 0 Å². The standard InChI is InChI=1S/C17H24N6O/c1-21-8-6-20-16(21)12-22-9-10-24-17(13-22)3-2-7-23(14-17)15-11-18-4-5-19-15/h4-6,8,11H,2-3,7,9-10,12-14H2,1H3. The Morgan fingerprint density at radius 1 is 1.17 bits per heavy atom. The minimum atomic E-state index is -0.112. The van der Waals surface area contributed by atoms with E-state index in [4.69, 9.17) is 4.74 Å². The highest BCUT2D eigenvalue weighted by molar-refractivity contribution is 5.36. The number of rotatable bonds is 3. The zero-order valence-corrected chi connectivity index (χ0v) is 14.1. The molecule has 7 nitrogen and oxygen atoms in total. The van der Waals surface area contributed by atoms with Gasteiger partial charge in [0.2, 0.25) is 0 Å². The summed E-state index contributed by atoms with van der Waals surface area (Å²) in [7, 11) is 2.05. The van der Waals surface area contributed by atoms with Crippen molar-refractivity contribution >= 4 is 5.82 Å². The lowest BCUT2D eigenvalue weighted by Crippen LogP contribution is -2.59. The highest BCUT2D eigenvalue weighted by Gasteiger charge is 2.41. The molecule has 128 valence electrons. The highest BCUT2D eigenvalue weighted by atomic mass is 16.5. The lowest BCUT2D eigenvalue weighted by molar-refractivity contribution is -0.116. The summed E-state index contributed by atoms with van der Waals surface area (Å²) in [5, 5.41) is 0. The van der Waals surface area contributed by atoms with Crippen molar-refractivity contribution in [2.75, 3.05) is 37.7 Å². The van der Waals surface area contributed by atoms with Crippen LogP contribution in [0.2, 0.25) is 0 Å². The number of aromatic nitrogens is 4. The number of anilines is 1. The van der Waals surface area contributed by atoms with E-state index in [1.807, 2.05) is 18.6 Å². The number of hydrogen-bond acceptors (Lipinski definition) is 6.